The second-order valence-electron chi connectivity index (χ2n) is 8.68. The zero-order valence-corrected chi connectivity index (χ0v) is 17.6. The number of amides is 4. The highest BCUT2D eigenvalue weighted by atomic mass is 35.5. The van der Waals surface area contributed by atoms with E-state index in [0.717, 1.165) is 18.4 Å². The third kappa shape index (κ3) is 3.47. The SMILES string of the molecule is CC(=O)NNC(=O)C12CC(C)CC(C1)N2C(=O)Nc1ccc(Cl)c(C2CC2C#N)c1. The Kier molecular flexibility index (Phi) is 5.10. The number of hydrogen-bond acceptors (Lipinski definition) is 4. The summed E-state index contributed by atoms with van der Waals surface area (Å²) >= 11 is 6.29. The Morgan fingerprint density at radius 2 is 2.00 bits per heavy atom. The maximum atomic E-state index is 13.1. The maximum Gasteiger partial charge on any atom is 0.323 e. The van der Waals surface area contributed by atoms with Crippen LogP contribution in [-0.4, -0.2) is 34.3 Å². The molecule has 4 rings (SSSR count). The van der Waals surface area contributed by atoms with Gasteiger partial charge in [0.25, 0.3) is 5.91 Å². The second kappa shape index (κ2) is 7.47. The number of anilines is 1. The Bertz CT molecular complexity index is 960. The first-order chi connectivity index (χ1) is 14.2. The molecule has 1 heterocycles. The largest absolute Gasteiger partial charge is 0.323 e. The lowest BCUT2D eigenvalue weighted by Gasteiger charge is -2.61. The highest BCUT2D eigenvalue weighted by molar-refractivity contribution is 6.31. The Hall–Kier alpha value is -2.79. The van der Waals surface area contributed by atoms with Gasteiger partial charge >= 0.3 is 6.03 Å². The predicted molar refractivity (Wildman–Crippen MR) is 110 cm³/mol. The van der Waals surface area contributed by atoms with E-state index in [2.05, 4.69) is 29.2 Å². The van der Waals surface area contributed by atoms with E-state index in [9.17, 15) is 14.4 Å². The number of carbonyl (C=O) groups excluding carboxylic acids is 3. The molecular weight excluding hydrogens is 406 g/mol. The molecule has 1 aliphatic heterocycles. The van der Waals surface area contributed by atoms with Crippen LogP contribution in [0.1, 0.15) is 51.0 Å². The summed E-state index contributed by atoms with van der Waals surface area (Å²) < 4.78 is 0. The summed E-state index contributed by atoms with van der Waals surface area (Å²) in [7, 11) is 0. The molecule has 5 unspecified atom stereocenters. The van der Waals surface area contributed by atoms with Crippen LogP contribution < -0.4 is 16.2 Å². The van der Waals surface area contributed by atoms with Gasteiger partial charge in [0, 0.05) is 36.0 Å². The summed E-state index contributed by atoms with van der Waals surface area (Å²) in [5.74, 6) is -0.387. The smallest absolute Gasteiger partial charge is 0.308 e. The van der Waals surface area contributed by atoms with Gasteiger partial charge in [0.15, 0.2) is 0 Å². The summed E-state index contributed by atoms with van der Waals surface area (Å²) in [4.78, 5) is 38.8. The fraction of sp³-hybridized carbons (Fsp3) is 0.524. The monoisotopic (exact) mass is 429 g/mol. The fourth-order valence-corrected chi connectivity index (χ4v) is 5.26. The number of hydrogen-bond donors (Lipinski definition) is 3. The lowest BCUT2D eigenvalue weighted by Crippen LogP contribution is -2.77. The van der Waals surface area contributed by atoms with E-state index in [1.54, 1.807) is 17.0 Å². The average Bonchev–Trinajstić information content (AvgIpc) is 3.46. The number of rotatable bonds is 3. The van der Waals surface area contributed by atoms with Gasteiger partial charge in [0.05, 0.1) is 12.0 Å². The van der Waals surface area contributed by atoms with Crippen molar-refractivity contribution in [1.29, 1.82) is 5.26 Å². The van der Waals surface area contributed by atoms with Crippen molar-refractivity contribution in [2.24, 2.45) is 11.8 Å². The number of urea groups is 1. The van der Waals surface area contributed by atoms with Gasteiger partial charge < -0.3 is 10.2 Å². The van der Waals surface area contributed by atoms with Crippen molar-refractivity contribution in [3.05, 3.63) is 28.8 Å². The molecule has 2 saturated carbocycles. The van der Waals surface area contributed by atoms with E-state index in [1.165, 1.54) is 6.92 Å². The highest BCUT2D eigenvalue weighted by Crippen LogP contribution is 2.51. The predicted octanol–water partition coefficient (Wildman–Crippen LogP) is 2.91. The standard InChI is InChI=1S/C21H24ClN5O3/c1-11-5-15-9-21(8-11,19(29)26-25-12(2)28)27(15)20(30)24-14-3-4-18(22)17(7-14)16-6-13(16)10-23/h3-4,7,11,13,15-16H,5-6,8-9H2,1-2H3,(H,24,30)(H,25,28)(H,26,29). The van der Waals surface area contributed by atoms with Crippen LogP contribution in [0.15, 0.2) is 18.2 Å². The molecule has 1 aromatic rings. The Morgan fingerprint density at radius 1 is 1.23 bits per heavy atom. The van der Waals surface area contributed by atoms with Crippen LogP contribution in [0.5, 0.6) is 0 Å². The molecule has 1 saturated heterocycles. The van der Waals surface area contributed by atoms with Crippen molar-refractivity contribution in [3.8, 4) is 6.07 Å². The molecule has 9 heteroatoms. The molecule has 0 radical (unpaired) electrons. The number of halogens is 1. The van der Waals surface area contributed by atoms with Crippen molar-refractivity contribution in [2.75, 3.05) is 5.32 Å². The molecular formula is C21H24ClN5O3. The van der Waals surface area contributed by atoms with Gasteiger partial charge in [-0.25, -0.2) is 4.79 Å². The van der Waals surface area contributed by atoms with Crippen LogP contribution >= 0.6 is 11.6 Å². The normalized spacial score (nSPS) is 31.1. The van der Waals surface area contributed by atoms with Crippen LogP contribution in [0.25, 0.3) is 0 Å². The first kappa shape index (κ1) is 20.5. The maximum absolute atomic E-state index is 13.1. The molecule has 30 heavy (non-hydrogen) atoms. The van der Waals surface area contributed by atoms with Crippen molar-refractivity contribution < 1.29 is 14.4 Å². The third-order valence-electron chi connectivity index (χ3n) is 6.36. The molecule has 158 valence electrons. The van der Waals surface area contributed by atoms with Crippen LogP contribution in [-0.2, 0) is 9.59 Å². The molecule has 3 fully saturated rings. The van der Waals surface area contributed by atoms with Gasteiger partial charge in [-0.3, -0.25) is 20.4 Å². The summed E-state index contributed by atoms with van der Waals surface area (Å²) in [6, 6.07) is 7.13. The van der Waals surface area contributed by atoms with Crippen LogP contribution in [0.4, 0.5) is 10.5 Å². The molecule has 2 aliphatic carbocycles. The number of benzene rings is 1. The number of carbonyl (C=O) groups is 3. The summed E-state index contributed by atoms with van der Waals surface area (Å²) in [5.41, 5.74) is 5.24. The quantitative estimate of drug-likeness (QED) is 0.641. The van der Waals surface area contributed by atoms with E-state index in [1.807, 2.05) is 6.07 Å². The van der Waals surface area contributed by atoms with E-state index in [-0.39, 0.29) is 35.7 Å². The van der Waals surface area contributed by atoms with E-state index in [4.69, 9.17) is 16.9 Å². The summed E-state index contributed by atoms with van der Waals surface area (Å²) in [5, 5.41) is 12.6. The Labute approximate surface area is 179 Å². The van der Waals surface area contributed by atoms with Crippen molar-refractivity contribution in [3.63, 3.8) is 0 Å². The van der Waals surface area contributed by atoms with Crippen LogP contribution in [0.3, 0.4) is 0 Å². The van der Waals surface area contributed by atoms with Crippen LogP contribution in [0, 0.1) is 23.2 Å². The highest BCUT2D eigenvalue weighted by Gasteiger charge is 2.62. The van der Waals surface area contributed by atoms with Gasteiger partial charge in [-0.1, -0.05) is 18.5 Å². The van der Waals surface area contributed by atoms with Gasteiger partial charge in [0.2, 0.25) is 5.91 Å². The molecule has 0 spiro atoms. The Balaban J connectivity index is 1.51. The summed E-state index contributed by atoms with van der Waals surface area (Å²) in [6.45, 7) is 3.37. The number of likely N-dealkylation sites (tertiary alicyclic amines) is 1. The van der Waals surface area contributed by atoms with Gasteiger partial charge in [-0.2, -0.15) is 5.26 Å². The molecule has 0 aromatic heterocycles. The fourth-order valence-electron chi connectivity index (χ4n) is 5.00. The van der Waals surface area contributed by atoms with Gasteiger partial charge in [-0.05, 0) is 48.9 Å². The number of piperidine rings is 1. The molecule has 4 amide bonds. The minimum atomic E-state index is -0.966. The zero-order chi connectivity index (χ0) is 21.6. The number of nitrogens with zero attached hydrogens (tertiary/aromatic N) is 2. The number of nitriles is 1. The van der Waals surface area contributed by atoms with Crippen molar-refractivity contribution in [2.45, 2.75) is 57.0 Å². The van der Waals surface area contributed by atoms with Gasteiger partial charge in [0.1, 0.15) is 5.54 Å². The lowest BCUT2D eigenvalue weighted by molar-refractivity contribution is -0.157. The molecule has 8 nitrogen and oxygen atoms in total. The van der Waals surface area contributed by atoms with E-state index in [0.29, 0.717) is 29.5 Å². The number of nitrogens with one attached hydrogen (secondary N) is 3. The summed E-state index contributed by atoms with van der Waals surface area (Å²) in [6.07, 6.45) is 2.72. The molecule has 2 bridgehead atoms. The van der Waals surface area contributed by atoms with Crippen molar-refractivity contribution in [1.82, 2.24) is 15.8 Å². The van der Waals surface area contributed by atoms with E-state index >= 15 is 0 Å². The van der Waals surface area contributed by atoms with E-state index < -0.39 is 5.54 Å². The second-order valence-corrected chi connectivity index (χ2v) is 9.09. The van der Waals surface area contributed by atoms with Crippen molar-refractivity contribution >= 4 is 35.1 Å². The number of fused-ring (bicyclic) bond motifs is 2. The zero-order valence-electron chi connectivity index (χ0n) is 16.9. The molecule has 1 aromatic carbocycles. The first-order valence-electron chi connectivity index (χ1n) is 10.1. The Morgan fingerprint density at radius 3 is 2.67 bits per heavy atom. The third-order valence-corrected chi connectivity index (χ3v) is 6.70. The minimum Gasteiger partial charge on any atom is -0.308 e. The minimum absolute atomic E-state index is 0.0185. The van der Waals surface area contributed by atoms with Gasteiger partial charge in [-0.15, -0.1) is 0 Å². The molecule has 5 atom stereocenters. The molecule has 3 aliphatic rings. The van der Waals surface area contributed by atoms with Crippen LogP contribution in [0.2, 0.25) is 5.02 Å². The molecule has 3 N–H and O–H groups in total. The number of hydrazine groups is 1. The first-order valence-corrected chi connectivity index (χ1v) is 10.5. The topological polar surface area (TPSA) is 114 Å². The lowest BCUT2D eigenvalue weighted by atomic mass is 9.64. The average molecular weight is 430 g/mol.